The zero-order valence-electron chi connectivity index (χ0n) is 10.0. The van der Waals surface area contributed by atoms with Crippen LogP contribution in [0.4, 0.5) is 5.82 Å². The molecule has 1 radical (unpaired) electrons. The molecule has 0 aromatic carbocycles. The summed E-state index contributed by atoms with van der Waals surface area (Å²) < 4.78 is 0. The number of rotatable bonds is 1. The molecule has 2 fully saturated rings. The lowest BCUT2D eigenvalue weighted by atomic mass is 9.77. The molecule has 4 heteroatoms. The summed E-state index contributed by atoms with van der Waals surface area (Å²) in [6.07, 6.45) is 12.1. The lowest BCUT2D eigenvalue weighted by Crippen LogP contribution is -2.41. The molecule has 1 saturated carbocycles. The zero-order valence-corrected chi connectivity index (χ0v) is 10.0. The van der Waals surface area contributed by atoms with E-state index in [0.29, 0.717) is 11.2 Å². The largest absolute Gasteiger partial charge is 0.352 e. The Hall–Kier alpha value is -1.32. The molecule has 17 heavy (non-hydrogen) atoms. The third-order valence-corrected chi connectivity index (χ3v) is 4.43. The molecule has 2 heterocycles. The average molecular weight is 232 g/mol. The first kappa shape index (κ1) is 10.8. The van der Waals surface area contributed by atoms with Gasteiger partial charge in [0.05, 0.1) is 12.4 Å². The van der Waals surface area contributed by atoms with Gasteiger partial charge in [-0.05, 0) is 31.1 Å². The highest BCUT2D eigenvalue weighted by atomic mass is 16.1. The van der Waals surface area contributed by atoms with E-state index >= 15 is 0 Å². The SMILES string of the molecule is O=c1[nH][c]cnc1N1CCC2(CCCC2)CC1. The van der Waals surface area contributed by atoms with Crippen LogP contribution in [0.1, 0.15) is 38.5 Å². The number of piperidine rings is 1. The fourth-order valence-electron chi connectivity index (χ4n) is 3.35. The maximum Gasteiger partial charge on any atom is 0.291 e. The summed E-state index contributed by atoms with van der Waals surface area (Å²) in [4.78, 5) is 20.5. The third kappa shape index (κ3) is 1.96. The standard InChI is InChI=1S/C13H18N3O/c17-12-11(14-7-8-15-12)16-9-5-13(6-10-16)3-1-2-4-13/h7H,1-6,9-10H2,(H,15,17). The number of aromatic nitrogens is 2. The van der Waals surface area contributed by atoms with Crippen LogP contribution in [0.5, 0.6) is 0 Å². The Kier molecular flexibility index (Phi) is 2.65. The third-order valence-electron chi connectivity index (χ3n) is 4.43. The summed E-state index contributed by atoms with van der Waals surface area (Å²) in [6.45, 7) is 1.94. The van der Waals surface area contributed by atoms with Gasteiger partial charge in [-0.2, -0.15) is 0 Å². The Balaban J connectivity index is 1.73. The Bertz CT molecular complexity index is 438. The van der Waals surface area contributed by atoms with Gasteiger partial charge in [-0.15, -0.1) is 0 Å². The van der Waals surface area contributed by atoms with Crippen molar-refractivity contribution in [2.45, 2.75) is 38.5 Å². The highest BCUT2D eigenvalue weighted by Gasteiger charge is 2.37. The van der Waals surface area contributed by atoms with Crippen LogP contribution in [0.2, 0.25) is 0 Å². The molecule has 0 atom stereocenters. The molecule has 0 bridgehead atoms. The van der Waals surface area contributed by atoms with Gasteiger partial charge < -0.3 is 9.88 Å². The van der Waals surface area contributed by atoms with Crippen molar-refractivity contribution in [2.24, 2.45) is 5.41 Å². The van der Waals surface area contributed by atoms with Crippen LogP contribution >= 0.6 is 0 Å². The quantitative estimate of drug-likeness (QED) is 0.802. The summed E-state index contributed by atoms with van der Waals surface area (Å²) in [5.41, 5.74) is 0.472. The van der Waals surface area contributed by atoms with Gasteiger partial charge in [-0.25, -0.2) is 4.98 Å². The number of nitrogens with one attached hydrogen (secondary N) is 1. The predicted molar refractivity (Wildman–Crippen MR) is 66.0 cm³/mol. The van der Waals surface area contributed by atoms with Crippen LogP contribution in [0.15, 0.2) is 11.0 Å². The van der Waals surface area contributed by atoms with E-state index in [2.05, 4.69) is 21.1 Å². The van der Waals surface area contributed by atoms with E-state index in [4.69, 9.17) is 0 Å². The first-order valence-corrected chi connectivity index (χ1v) is 6.49. The van der Waals surface area contributed by atoms with E-state index in [9.17, 15) is 4.79 Å². The van der Waals surface area contributed by atoms with E-state index in [0.717, 1.165) is 13.1 Å². The molecular formula is C13H18N3O. The summed E-state index contributed by atoms with van der Waals surface area (Å²) in [6, 6.07) is 0. The average Bonchev–Trinajstić information content (AvgIpc) is 2.80. The van der Waals surface area contributed by atoms with Gasteiger partial charge in [0, 0.05) is 13.1 Å². The van der Waals surface area contributed by atoms with Crippen LogP contribution in [0.25, 0.3) is 0 Å². The molecule has 1 spiro atoms. The van der Waals surface area contributed by atoms with Crippen LogP contribution in [0, 0.1) is 11.6 Å². The molecule has 1 aromatic rings. The van der Waals surface area contributed by atoms with Gasteiger partial charge >= 0.3 is 0 Å². The first-order chi connectivity index (χ1) is 8.29. The van der Waals surface area contributed by atoms with Crippen molar-refractivity contribution < 1.29 is 0 Å². The van der Waals surface area contributed by atoms with Crippen molar-refractivity contribution in [3.8, 4) is 0 Å². The Morgan fingerprint density at radius 1 is 1.24 bits per heavy atom. The van der Waals surface area contributed by atoms with Gasteiger partial charge in [0.1, 0.15) is 0 Å². The smallest absolute Gasteiger partial charge is 0.291 e. The Morgan fingerprint density at radius 3 is 2.59 bits per heavy atom. The van der Waals surface area contributed by atoms with Gasteiger partial charge in [0.2, 0.25) is 0 Å². The van der Waals surface area contributed by atoms with E-state index in [1.54, 1.807) is 0 Å². The zero-order chi connectivity index (χ0) is 11.7. The summed E-state index contributed by atoms with van der Waals surface area (Å²) in [5.74, 6) is 0.566. The Labute approximate surface area is 101 Å². The normalized spacial score (nSPS) is 23.2. The van der Waals surface area contributed by atoms with Crippen molar-refractivity contribution in [1.82, 2.24) is 9.97 Å². The highest BCUT2D eigenvalue weighted by molar-refractivity contribution is 5.35. The maximum atomic E-state index is 11.6. The minimum atomic E-state index is -0.116. The molecule has 1 saturated heterocycles. The number of anilines is 1. The second kappa shape index (κ2) is 4.17. The number of hydrogen-bond acceptors (Lipinski definition) is 3. The molecule has 0 unspecified atom stereocenters. The van der Waals surface area contributed by atoms with Gasteiger partial charge in [0.15, 0.2) is 5.82 Å². The molecule has 0 amide bonds. The highest BCUT2D eigenvalue weighted by Crippen LogP contribution is 2.46. The van der Waals surface area contributed by atoms with Crippen molar-refractivity contribution in [3.63, 3.8) is 0 Å². The van der Waals surface area contributed by atoms with Crippen LogP contribution in [-0.2, 0) is 0 Å². The number of H-pyrrole nitrogens is 1. The van der Waals surface area contributed by atoms with Crippen LogP contribution in [-0.4, -0.2) is 23.1 Å². The number of hydrogen-bond donors (Lipinski definition) is 1. The number of aromatic amines is 1. The lowest BCUT2D eigenvalue weighted by molar-refractivity contribution is 0.226. The summed E-state index contributed by atoms with van der Waals surface area (Å²) >= 11 is 0. The van der Waals surface area contributed by atoms with E-state index in [-0.39, 0.29) is 5.56 Å². The van der Waals surface area contributed by atoms with E-state index in [1.165, 1.54) is 44.7 Å². The second-order valence-corrected chi connectivity index (χ2v) is 5.37. The first-order valence-electron chi connectivity index (χ1n) is 6.49. The van der Waals surface area contributed by atoms with Crippen molar-refractivity contribution >= 4 is 5.82 Å². The van der Waals surface area contributed by atoms with Gasteiger partial charge in [-0.1, -0.05) is 12.8 Å². The second-order valence-electron chi connectivity index (χ2n) is 5.37. The van der Waals surface area contributed by atoms with Gasteiger partial charge in [0.25, 0.3) is 5.56 Å². The van der Waals surface area contributed by atoms with Crippen LogP contribution in [0.3, 0.4) is 0 Å². The minimum Gasteiger partial charge on any atom is -0.352 e. The molecule has 1 aromatic heterocycles. The maximum absolute atomic E-state index is 11.6. The van der Waals surface area contributed by atoms with Crippen molar-refractivity contribution in [2.75, 3.05) is 18.0 Å². The predicted octanol–water partition coefficient (Wildman–Crippen LogP) is 1.73. The van der Waals surface area contributed by atoms with E-state index < -0.39 is 0 Å². The Morgan fingerprint density at radius 2 is 1.94 bits per heavy atom. The minimum absolute atomic E-state index is 0.116. The molecule has 1 aliphatic carbocycles. The molecule has 4 nitrogen and oxygen atoms in total. The fraction of sp³-hybridized carbons (Fsp3) is 0.692. The van der Waals surface area contributed by atoms with Crippen molar-refractivity contribution in [1.29, 1.82) is 0 Å². The molecule has 3 rings (SSSR count). The number of nitrogens with zero attached hydrogens (tertiary/aromatic N) is 2. The summed E-state index contributed by atoms with van der Waals surface area (Å²) in [5, 5.41) is 0. The fourth-order valence-corrected chi connectivity index (χ4v) is 3.35. The van der Waals surface area contributed by atoms with E-state index in [1.807, 2.05) is 0 Å². The molecule has 91 valence electrons. The van der Waals surface area contributed by atoms with Gasteiger partial charge in [-0.3, -0.25) is 4.79 Å². The molecule has 2 aliphatic rings. The molecular weight excluding hydrogens is 214 g/mol. The topological polar surface area (TPSA) is 49.0 Å². The lowest BCUT2D eigenvalue weighted by Gasteiger charge is -2.39. The molecule has 1 aliphatic heterocycles. The van der Waals surface area contributed by atoms with Crippen molar-refractivity contribution in [3.05, 3.63) is 22.7 Å². The molecule has 1 N–H and O–H groups in total. The summed E-state index contributed by atoms with van der Waals surface area (Å²) in [7, 11) is 0. The van der Waals surface area contributed by atoms with Crippen LogP contribution < -0.4 is 10.5 Å². The monoisotopic (exact) mass is 232 g/mol.